The van der Waals surface area contributed by atoms with Gasteiger partial charge >= 0.3 is 0 Å². The van der Waals surface area contributed by atoms with E-state index in [1.165, 1.54) is 0 Å². The molecule has 0 atom stereocenters. The molecule has 2 heterocycles. The van der Waals surface area contributed by atoms with E-state index in [9.17, 15) is 4.79 Å². The summed E-state index contributed by atoms with van der Waals surface area (Å²) in [6.45, 7) is 3.85. The average Bonchev–Trinajstić information content (AvgIpc) is 3.02. The van der Waals surface area contributed by atoms with Crippen molar-refractivity contribution in [2.75, 3.05) is 13.2 Å². The Hall–Kier alpha value is -3.02. The molecule has 4 rings (SSSR count). The SMILES string of the molecule is CCc1nc2cc3c(cc2n1CC(=O)NCc1ccccc1)OCCO3. The summed E-state index contributed by atoms with van der Waals surface area (Å²) in [5.41, 5.74) is 2.79. The Morgan fingerprint density at radius 3 is 2.62 bits per heavy atom. The number of carbonyl (C=O) groups excluding carboxylic acids is 1. The second-order valence-corrected chi connectivity index (χ2v) is 6.21. The topological polar surface area (TPSA) is 65.4 Å². The molecule has 1 aromatic heterocycles. The van der Waals surface area contributed by atoms with Crippen LogP contribution in [0.4, 0.5) is 0 Å². The summed E-state index contributed by atoms with van der Waals surface area (Å²) in [5, 5.41) is 2.97. The smallest absolute Gasteiger partial charge is 0.240 e. The second kappa shape index (κ2) is 7.07. The number of ether oxygens (including phenoxy) is 2. The first kappa shape index (κ1) is 16.4. The van der Waals surface area contributed by atoms with Gasteiger partial charge in [-0.3, -0.25) is 4.79 Å². The Bertz CT molecular complexity index is 934. The molecular weight excluding hydrogens is 330 g/mol. The Morgan fingerprint density at radius 2 is 1.88 bits per heavy atom. The molecule has 3 aromatic rings. The Balaban J connectivity index is 1.57. The zero-order valence-electron chi connectivity index (χ0n) is 14.7. The van der Waals surface area contributed by atoms with Crippen LogP contribution in [-0.2, 0) is 24.3 Å². The van der Waals surface area contributed by atoms with Crippen LogP contribution in [-0.4, -0.2) is 28.7 Å². The predicted molar refractivity (Wildman–Crippen MR) is 98.4 cm³/mol. The number of rotatable bonds is 5. The van der Waals surface area contributed by atoms with Crippen LogP contribution in [0.15, 0.2) is 42.5 Å². The number of aryl methyl sites for hydroxylation is 1. The number of nitrogens with zero attached hydrogens (tertiary/aromatic N) is 2. The lowest BCUT2D eigenvalue weighted by atomic mass is 10.2. The third-order valence-electron chi connectivity index (χ3n) is 4.44. The van der Waals surface area contributed by atoms with E-state index in [-0.39, 0.29) is 12.5 Å². The van der Waals surface area contributed by atoms with E-state index in [1.54, 1.807) is 0 Å². The van der Waals surface area contributed by atoms with Crippen molar-refractivity contribution >= 4 is 16.9 Å². The van der Waals surface area contributed by atoms with E-state index in [4.69, 9.17) is 9.47 Å². The highest BCUT2D eigenvalue weighted by molar-refractivity contribution is 5.83. The molecule has 6 nitrogen and oxygen atoms in total. The van der Waals surface area contributed by atoms with Crippen molar-refractivity contribution in [2.45, 2.75) is 26.4 Å². The van der Waals surface area contributed by atoms with E-state index in [2.05, 4.69) is 10.3 Å². The zero-order valence-corrected chi connectivity index (χ0v) is 14.7. The first-order valence-electron chi connectivity index (χ1n) is 8.84. The number of nitrogens with one attached hydrogen (secondary N) is 1. The van der Waals surface area contributed by atoms with Crippen LogP contribution in [0.25, 0.3) is 11.0 Å². The maximum atomic E-state index is 12.5. The molecule has 0 unspecified atom stereocenters. The molecular formula is C20H21N3O3. The van der Waals surface area contributed by atoms with Crippen LogP contribution in [0, 0.1) is 0 Å². The normalized spacial score (nSPS) is 13.0. The van der Waals surface area contributed by atoms with Crippen molar-refractivity contribution in [3.63, 3.8) is 0 Å². The first-order chi connectivity index (χ1) is 12.7. The number of imidazole rings is 1. The van der Waals surface area contributed by atoms with Crippen molar-refractivity contribution in [1.29, 1.82) is 0 Å². The van der Waals surface area contributed by atoms with Gasteiger partial charge in [-0.1, -0.05) is 37.3 Å². The fourth-order valence-electron chi connectivity index (χ4n) is 3.15. The number of benzene rings is 2. The number of amides is 1. The molecule has 1 aliphatic rings. The molecule has 0 saturated heterocycles. The maximum absolute atomic E-state index is 12.5. The maximum Gasteiger partial charge on any atom is 0.240 e. The molecule has 0 aliphatic carbocycles. The summed E-state index contributed by atoms with van der Waals surface area (Å²) >= 11 is 0. The first-order valence-corrected chi connectivity index (χ1v) is 8.84. The summed E-state index contributed by atoms with van der Waals surface area (Å²) in [6, 6.07) is 13.7. The van der Waals surface area contributed by atoms with Gasteiger partial charge in [-0.15, -0.1) is 0 Å². The molecule has 0 fully saturated rings. The minimum atomic E-state index is -0.0438. The largest absolute Gasteiger partial charge is 0.486 e. The van der Waals surface area contributed by atoms with E-state index in [1.807, 2.05) is 54.0 Å². The van der Waals surface area contributed by atoms with Crippen molar-refractivity contribution < 1.29 is 14.3 Å². The summed E-state index contributed by atoms with van der Waals surface area (Å²) < 4.78 is 13.3. The third-order valence-corrected chi connectivity index (χ3v) is 4.44. The van der Waals surface area contributed by atoms with Crippen LogP contribution in [0.3, 0.4) is 0 Å². The predicted octanol–water partition coefficient (Wildman–Crippen LogP) is 2.69. The summed E-state index contributed by atoms with van der Waals surface area (Å²) in [7, 11) is 0. The summed E-state index contributed by atoms with van der Waals surface area (Å²) in [4.78, 5) is 17.1. The van der Waals surface area contributed by atoms with Gasteiger partial charge in [-0.25, -0.2) is 4.98 Å². The van der Waals surface area contributed by atoms with Crippen LogP contribution in [0.2, 0.25) is 0 Å². The van der Waals surface area contributed by atoms with Gasteiger partial charge in [0, 0.05) is 25.1 Å². The zero-order chi connectivity index (χ0) is 17.9. The number of hydrogen-bond donors (Lipinski definition) is 1. The Labute approximate surface area is 151 Å². The van der Waals surface area contributed by atoms with E-state index in [0.29, 0.717) is 31.3 Å². The fourth-order valence-corrected chi connectivity index (χ4v) is 3.15. The van der Waals surface area contributed by atoms with Gasteiger partial charge in [-0.2, -0.15) is 0 Å². The molecule has 1 N–H and O–H groups in total. The van der Waals surface area contributed by atoms with Gasteiger partial charge in [0.1, 0.15) is 25.6 Å². The number of fused-ring (bicyclic) bond motifs is 2. The molecule has 6 heteroatoms. The lowest BCUT2D eigenvalue weighted by molar-refractivity contribution is -0.121. The molecule has 0 radical (unpaired) electrons. The molecule has 0 bridgehead atoms. The van der Waals surface area contributed by atoms with Gasteiger partial charge in [0.2, 0.25) is 5.91 Å². The highest BCUT2D eigenvalue weighted by Crippen LogP contribution is 2.34. The standard InChI is InChI=1S/C20H21N3O3/c1-2-19-22-15-10-17-18(26-9-8-25-17)11-16(15)23(19)13-20(24)21-12-14-6-4-3-5-7-14/h3-7,10-11H,2,8-9,12-13H2,1H3,(H,21,24). The van der Waals surface area contributed by atoms with Crippen molar-refractivity contribution in [3.8, 4) is 11.5 Å². The van der Waals surface area contributed by atoms with Gasteiger partial charge in [0.25, 0.3) is 0 Å². The van der Waals surface area contributed by atoms with Crippen LogP contribution in [0.5, 0.6) is 11.5 Å². The molecule has 2 aromatic carbocycles. The lowest BCUT2D eigenvalue weighted by Gasteiger charge is -2.18. The van der Waals surface area contributed by atoms with E-state index in [0.717, 1.165) is 28.8 Å². The quantitative estimate of drug-likeness (QED) is 0.768. The number of hydrogen-bond acceptors (Lipinski definition) is 4. The molecule has 26 heavy (non-hydrogen) atoms. The van der Waals surface area contributed by atoms with Crippen LogP contribution >= 0.6 is 0 Å². The Kier molecular flexibility index (Phi) is 4.48. The molecule has 0 spiro atoms. The average molecular weight is 351 g/mol. The number of carbonyl (C=O) groups is 1. The van der Waals surface area contributed by atoms with E-state index >= 15 is 0 Å². The van der Waals surface area contributed by atoms with E-state index < -0.39 is 0 Å². The van der Waals surface area contributed by atoms with Gasteiger partial charge < -0.3 is 19.4 Å². The fraction of sp³-hybridized carbons (Fsp3) is 0.300. The Morgan fingerprint density at radius 1 is 1.15 bits per heavy atom. The van der Waals surface area contributed by atoms with Crippen molar-refractivity contribution in [2.24, 2.45) is 0 Å². The summed E-state index contributed by atoms with van der Waals surface area (Å²) in [6.07, 6.45) is 0.743. The van der Waals surface area contributed by atoms with Crippen molar-refractivity contribution in [3.05, 3.63) is 53.9 Å². The highest BCUT2D eigenvalue weighted by atomic mass is 16.6. The third kappa shape index (κ3) is 3.22. The molecule has 1 amide bonds. The minimum absolute atomic E-state index is 0.0438. The van der Waals surface area contributed by atoms with Gasteiger partial charge in [-0.05, 0) is 5.56 Å². The van der Waals surface area contributed by atoms with Gasteiger partial charge in [0.15, 0.2) is 11.5 Å². The monoisotopic (exact) mass is 351 g/mol. The lowest BCUT2D eigenvalue weighted by Crippen LogP contribution is -2.27. The highest BCUT2D eigenvalue weighted by Gasteiger charge is 2.18. The van der Waals surface area contributed by atoms with Crippen LogP contribution in [0.1, 0.15) is 18.3 Å². The molecule has 134 valence electrons. The van der Waals surface area contributed by atoms with Gasteiger partial charge in [0.05, 0.1) is 11.0 Å². The summed E-state index contributed by atoms with van der Waals surface area (Å²) in [5.74, 6) is 2.25. The van der Waals surface area contributed by atoms with Crippen molar-refractivity contribution in [1.82, 2.24) is 14.9 Å². The van der Waals surface area contributed by atoms with Crippen LogP contribution < -0.4 is 14.8 Å². The molecule has 1 aliphatic heterocycles. The molecule has 0 saturated carbocycles. The second-order valence-electron chi connectivity index (χ2n) is 6.21. The number of aromatic nitrogens is 2. The minimum Gasteiger partial charge on any atom is -0.486 e.